The molecule has 1 aliphatic rings. The molecular formula is C16H24N2O2. The minimum atomic E-state index is -0.628. The predicted octanol–water partition coefficient (Wildman–Crippen LogP) is 2.34. The summed E-state index contributed by atoms with van der Waals surface area (Å²) in [6, 6.07) is 8.13. The second kappa shape index (κ2) is 6.27. The monoisotopic (exact) mass is 276 g/mol. The molecule has 1 fully saturated rings. The summed E-state index contributed by atoms with van der Waals surface area (Å²) in [5.41, 5.74) is 1.55. The number of nitrogens with one attached hydrogen (secondary N) is 2. The molecule has 4 nitrogen and oxygen atoms in total. The lowest BCUT2D eigenvalue weighted by atomic mass is 9.79. The number of esters is 1. The molecule has 2 N–H and O–H groups in total. The van der Waals surface area contributed by atoms with Gasteiger partial charge in [-0.2, -0.15) is 0 Å². The summed E-state index contributed by atoms with van der Waals surface area (Å²) in [6.45, 7) is 8.04. The summed E-state index contributed by atoms with van der Waals surface area (Å²) in [4.78, 5) is 12.5. The molecule has 0 aromatic heterocycles. The van der Waals surface area contributed by atoms with Gasteiger partial charge in [0.25, 0.3) is 0 Å². The molecule has 0 bridgehead atoms. The van der Waals surface area contributed by atoms with Crippen LogP contribution in [0.2, 0.25) is 0 Å². The van der Waals surface area contributed by atoms with Crippen LogP contribution in [0.4, 0.5) is 5.69 Å². The van der Waals surface area contributed by atoms with Crippen LogP contribution in [0, 0.1) is 12.8 Å². The molecule has 0 radical (unpaired) electrons. The number of hydrogen-bond donors (Lipinski definition) is 2. The van der Waals surface area contributed by atoms with Gasteiger partial charge in [0.2, 0.25) is 0 Å². The van der Waals surface area contributed by atoms with Gasteiger partial charge < -0.3 is 15.4 Å². The van der Waals surface area contributed by atoms with Crippen molar-refractivity contribution in [2.75, 3.05) is 25.0 Å². The van der Waals surface area contributed by atoms with E-state index in [4.69, 9.17) is 4.74 Å². The van der Waals surface area contributed by atoms with E-state index in [-0.39, 0.29) is 11.9 Å². The lowest BCUT2D eigenvalue weighted by Crippen LogP contribution is -2.59. The summed E-state index contributed by atoms with van der Waals surface area (Å²) in [7, 11) is 0. The molecule has 2 rings (SSSR count). The Kier molecular flexibility index (Phi) is 4.65. The lowest BCUT2D eigenvalue weighted by Gasteiger charge is -2.41. The molecule has 1 aromatic carbocycles. The Morgan fingerprint density at radius 3 is 2.75 bits per heavy atom. The molecule has 2 unspecified atom stereocenters. The minimum absolute atomic E-state index is 0.144. The highest BCUT2D eigenvalue weighted by molar-refractivity contribution is 5.85. The first-order chi connectivity index (χ1) is 9.58. The van der Waals surface area contributed by atoms with Gasteiger partial charge in [-0.3, -0.25) is 0 Å². The molecule has 0 aliphatic carbocycles. The second-order valence-electron chi connectivity index (χ2n) is 5.54. The van der Waals surface area contributed by atoms with Crippen LogP contribution in [0.3, 0.4) is 0 Å². The first kappa shape index (κ1) is 14.9. The van der Waals surface area contributed by atoms with E-state index < -0.39 is 5.54 Å². The van der Waals surface area contributed by atoms with E-state index in [1.54, 1.807) is 0 Å². The first-order valence-corrected chi connectivity index (χ1v) is 7.31. The highest BCUT2D eigenvalue weighted by atomic mass is 16.5. The van der Waals surface area contributed by atoms with Gasteiger partial charge in [-0.05, 0) is 38.9 Å². The van der Waals surface area contributed by atoms with E-state index >= 15 is 0 Å². The van der Waals surface area contributed by atoms with Gasteiger partial charge >= 0.3 is 5.97 Å². The van der Waals surface area contributed by atoms with Gasteiger partial charge in [-0.15, -0.1) is 0 Å². The second-order valence-corrected chi connectivity index (χ2v) is 5.54. The molecule has 0 saturated carbocycles. The molecule has 0 spiro atoms. The molecule has 2 atom stereocenters. The third-order valence-electron chi connectivity index (χ3n) is 4.05. The van der Waals surface area contributed by atoms with E-state index in [0.717, 1.165) is 25.2 Å². The van der Waals surface area contributed by atoms with Crippen molar-refractivity contribution in [2.45, 2.75) is 32.7 Å². The van der Waals surface area contributed by atoms with Crippen molar-refractivity contribution in [2.24, 2.45) is 5.92 Å². The Morgan fingerprint density at radius 1 is 1.45 bits per heavy atom. The highest BCUT2D eigenvalue weighted by Gasteiger charge is 2.46. The van der Waals surface area contributed by atoms with E-state index in [1.165, 1.54) is 5.56 Å². The maximum atomic E-state index is 12.5. The van der Waals surface area contributed by atoms with Gasteiger partial charge in [0.1, 0.15) is 5.54 Å². The van der Waals surface area contributed by atoms with Crippen LogP contribution in [-0.4, -0.2) is 31.2 Å². The molecular weight excluding hydrogens is 252 g/mol. The SMILES string of the molecule is CCOC(=O)C1(Nc2ccc(C)cc2)CCNCC1C. The minimum Gasteiger partial charge on any atom is -0.464 e. The molecule has 110 valence electrons. The number of piperidine rings is 1. The van der Waals surface area contributed by atoms with Crippen molar-refractivity contribution in [3.05, 3.63) is 29.8 Å². The van der Waals surface area contributed by atoms with Gasteiger partial charge in [0.05, 0.1) is 6.61 Å². The fourth-order valence-corrected chi connectivity index (χ4v) is 2.72. The van der Waals surface area contributed by atoms with Crippen molar-refractivity contribution in [1.29, 1.82) is 0 Å². The summed E-state index contributed by atoms with van der Waals surface area (Å²) in [5, 5.41) is 6.77. The maximum Gasteiger partial charge on any atom is 0.332 e. The Labute approximate surface area is 120 Å². The van der Waals surface area contributed by atoms with Crippen LogP contribution in [0.25, 0.3) is 0 Å². The van der Waals surface area contributed by atoms with Crippen LogP contribution < -0.4 is 10.6 Å². The van der Waals surface area contributed by atoms with Crippen molar-refractivity contribution in [1.82, 2.24) is 5.32 Å². The first-order valence-electron chi connectivity index (χ1n) is 7.31. The Balaban J connectivity index is 2.26. The average molecular weight is 276 g/mol. The molecule has 20 heavy (non-hydrogen) atoms. The Hall–Kier alpha value is -1.55. The lowest BCUT2D eigenvalue weighted by molar-refractivity contribution is -0.151. The van der Waals surface area contributed by atoms with E-state index in [1.807, 2.05) is 31.2 Å². The zero-order chi connectivity index (χ0) is 14.6. The number of carbonyl (C=O) groups excluding carboxylic acids is 1. The van der Waals surface area contributed by atoms with E-state index in [9.17, 15) is 4.79 Å². The number of hydrogen-bond acceptors (Lipinski definition) is 4. The number of anilines is 1. The third-order valence-corrected chi connectivity index (χ3v) is 4.05. The van der Waals surface area contributed by atoms with Crippen LogP contribution in [0.1, 0.15) is 25.8 Å². The molecule has 0 amide bonds. The van der Waals surface area contributed by atoms with Crippen LogP contribution in [0.15, 0.2) is 24.3 Å². The summed E-state index contributed by atoms with van der Waals surface area (Å²) in [5.74, 6) is 0.0335. The van der Waals surface area contributed by atoms with E-state index in [0.29, 0.717) is 6.61 Å². The molecule has 4 heteroatoms. The standard InChI is InChI=1S/C16H24N2O2/c1-4-20-15(19)16(9-10-17-11-13(16)3)18-14-7-5-12(2)6-8-14/h5-8,13,17-18H,4,9-11H2,1-3H3. The van der Waals surface area contributed by atoms with Crippen molar-refractivity contribution >= 4 is 11.7 Å². The van der Waals surface area contributed by atoms with Gasteiger partial charge in [-0.25, -0.2) is 4.79 Å². The van der Waals surface area contributed by atoms with Crippen molar-refractivity contribution < 1.29 is 9.53 Å². The van der Waals surface area contributed by atoms with E-state index in [2.05, 4.69) is 24.5 Å². The quantitative estimate of drug-likeness (QED) is 0.829. The Morgan fingerprint density at radius 2 is 2.15 bits per heavy atom. The average Bonchev–Trinajstić information content (AvgIpc) is 2.44. The fraction of sp³-hybridized carbons (Fsp3) is 0.562. The number of ether oxygens (including phenoxy) is 1. The zero-order valence-corrected chi connectivity index (χ0v) is 12.5. The third kappa shape index (κ3) is 2.96. The highest BCUT2D eigenvalue weighted by Crippen LogP contribution is 2.30. The smallest absolute Gasteiger partial charge is 0.332 e. The molecule has 1 aliphatic heterocycles. The number of benzene rings is 1. The van der Waals surface area contributed by atoms with Gasteiger partial charge in [0.15, 0.2) is 0 Å². The van der Waals surface area contributed by atoms with Crippen LogP contribution >= 0.6 is 0 Å². The maximum absolute atomic E-state index is 12.5. The van der Waals surface area contributed by atoms with Gasteiger partial charge in [-0.1, -0.05) is 24.6 Å². The number of rotatable bonds is 4. The van der Waals surface area contributed by atoms with Gasteiger partial charge in [0, 0.05) is 18.2 Å². The summed E-state index contributed by atoms with van der Waals surface area (Å²) >= 11 is 0. The Bertz CT molecular complexity index is 458. The van der Waals surface area contributed by atoms with Crippen molar-refractivity contribution in [3.63, 3.8) is 0 Å². The number of aryl methyl sites for hydroxylation is 1. The summed E-state index contributed by atoms with van der Waals surface area (Å²) < 4.78 is 5.32. The van der Waals surface area contributed by atoms with Crippen LogP contribution in [0.5, 0.6) is 0 Å². The normalized spacial score (nSPS) is 26.1. The number of carbonyl (C=O) groups is 1. The summed E-state index contributed by atoms with van der Waals surface area (Å²) in [6.07, 6.45) is 0.737. The molecule has 1 heterocycles. The topological polar surface area (TPSA) is 50.4 Å². The largest absolute Gasteiger partial charge is 0.464 e. The fourth-order valence-electron chi connectivity index (χ4n) is 2.72. The predicted molar refractivity (Wildman–Crippen MR) is 80.8 cm³/mol. The van der Waals surface area contributed by atoms with Crippen molar-refractivity contribution in [3.8, 4) is 0 Å². The van der Waals surface area contributed by atoms with Crippen LogP contribution in [-0.2, 0) is 9.53 Å². The molecule has 1 saturated heterocycles. The molecule has 1 aromatic rings. The zero-order valence-electron chi connectivity index (χ0n) is 12.5.